The molecule has 0 bridgehead atoms. The van der Waals surface area contributed by atoms with E-state index in [1.807, 2.05) is 19.9 Å². The minimum absolute atomic E-state index is 0. The van der Waals surface area contributed by atoms with E-state index in [4.69, 9.17) is 0 Å². The molecule has 0 saturated carbocycles. The number of rotatable bonds is 4. The molecule has 0 spiro atoms. The molecule has 1 aromatic rings. The van der Waals surface area contributed by atoms with E-state index in [-0.39, 0.29) is 35.5 Å². The van der Waals surface area contributed by atoms with E-state index in [0.717, 1.165) is 25.1 Å². The molecule has 1 aliphatic heterocycles. The maximum atomic E-state index is 13.2. The van der Waals surface area contributed by atoms with Gasteiger partial charge in [-0.05, 0) is 30.7 Å². The van der Waals surface area contributed by atoms with Crippen molar-refractivity contribution in [3.05, 3.63) is 35.6 Å². The lowest BCUT2D eigenvalue weighted by Crippen LogP contribution is -2.40. The fourth-order valence-corrected chi connectivity index (χ4v) is 2.34. The summed E-state index contributed by atoms with van der Waals surface area (Å²) in [4.78, 5) is 12.0. The standard InChI is InChI=1S/C15H21FN2O.ClH/c1-15(2,12-4-3-5-13(16)8-12)10-18-14(19)11-6-7-17-9-11;/h3-5,8,11,17H,6-7,9-10H2,1-2H3,(H,18,19);1H. The Balaban J connectivity index is 0.00000200. The van der Waals surface area contributed by atoms with Gasteiger partial charge >= 0.3 is 0 Å². The lowest BCUT2D eigenvalue weighted by molar-refractivity contribution is -0.124. The van der Waals surface area contributed by atoms with Crippen LogP contribution in [0.5, 0.6) is 0 Å². The van der Waals surface area contributed by atoms with Gasteiger partial charge in [-0.25, -0.2) is 4.39 Å². The fraction of sp³-hybridized carbons (Fsp3) is 0.533. The number of carbonyl (C=O) groups is 1. The minimum Gasteiger partial charge on any atom is -0.355 e. The third kappa shape index (κ3) is 4.18. The molecule has 1 amide bonds. The largest absolute Gasteiger partial charge is 0.355 e. The van der Waals surface area contributed by atoms with Gasteiger partial charge in [0, 0.05) is 18.5 Å². The number of amides is 1. The average molecular weight is 301 g/mol. The van der Waals surface area contributed by atoms with Crippen LogP contribution in [0, 0.1) is 11.7 Å². The molecule has 5 heteroatoms. The highest BCUT2D eigenvalue weighted by Crippen LogP contribution is 2.23. The predicted molar refractivity (Wildman–Crippen MR) is 80.7 cm³/mol. The van der Waals surface area contributed by atoms with Crippen LogP contribution >= 0.6 is 12.4 Å². The number of benzene rings is 1. The van der Waals surface area contributed by atoms with Crippen LogP contribution in [0.15, 0.2) is 24.3 Å². The van der Waals surface area contributed by atoms with E-state index in [1.165, 1.54) is 12.1 Å². The van der Waals surface area contributed by atoms with Gasteiger partial charge in [0.15, 0.2) is 0 Å². The predicted octanol–water partition coefficient (Wildman–Crippen LogP) is 2.25. The van der Waals surface area contributed by atoms with Gasteiger partial charge in [0.05, 0.1) is 5.92 Å². The maximum absolute atomic E-state index is 13.2. The summed E-state index contributed by atoms with van der Waals surface area (Å²) in [5, 5.41) is 6.16. The average Bonchev–Trinajstić information content (AvgIpc) is 2.90. The smallest absolute Gasteiger partial charge is 0.224 e. The minimum atomic E-state index is -0.274. The first-order valence-corrected chi connectivity index (χ1v) is 6.73. The molecule has 20 heavy (non-hydrogen) atoms. The molecule has 1 fully saturated rings. The van der Waals surface area contributed by atoms with Gasteiger partial charge in [-0.2, -0.15) is 0 Å². The van der Waals surface area contributed by atoms with Crippen LogP contribution in [0.4, 0.5) is 4.39 Å². The molecule has 1 atom stereocenters. The highest BCUT2D eigenvalue weighted by atomic mass is 35.5. The van der Waals surface area contributed by atoms with Crippen LogP contribution in [0.3, 0.4) is 0 Å². The first kappa shape index (κ1) is 16.9. The molecule has 1 unspecified atom stereocenters. The zero-order valence-electron chi connectivity index (χ0n) is 11.9. The molecule has 1 aromatic carbocycles. The maximum Gasteiger partial charge on any atom is 0.224 e. The van der Waals surface area contributed by atoms with Gasteiger partial charge in [-0.1, -0.05) is 26.0 Å². The molecule has 1 aliphatic rings. The molecule has 1 heterocycles. The quantitative estimate of drug-likeness (QED) is 0.895. The summed E-state index contributed by atoms with van der Waals surface area (Å²) in [5.41, 5.74) is 0.626. The Hall–Kier alpha value is -1.13. The first-order chi connectivity index (χ1) is 8.99. The van der Waals surface area contributed by atoms with Gasteiger partial charge in [-0.15, -0.1) is 12.4 Å². The monoisotopic (exact) mass is 300 g/mol. The number of nitrogens with one attached hydrogen (secondary N) is 2. The zero-order chi connectivity index (χ0) is 13.9. The molecular formula is C15H22ClFN2O. The highest BCUT2D eigenvalue weighted by Gasteiger charge is 2.26. The normalized spacial score (nSPS) is 18.4. The second-order valence-corrected chi connectivity index (χ2v) is 5.80. The first-order valence-electron chi connectivity index (χ1n) is 6.73. The Morgan fingerprint density at radius 3 is 2.85 bits per heavy atom. The van der Waals surface area contributed by atoms with Crippen LogP contribution < -0.4 is 10.6 Å². The Morgan fingerprint density at radius 1 is 1.50 bits per heavy atom. The number of halogens is 2. The molecule has 0 aliphatic carbocycles. The Kier molecular flexibility index (Phi) is 5.96. The Morgan fingerprint density at radius 2 is 2.25 bits per heavy atom. The van der Waals surface area contributed by atoms with Crippen molar-refractivity contribution >= 4 is 18.3 Å². The van der Waals surface area contributed by atoms with Crippen molar-refractivity contribution in [2.45, 2.75) is 25.7 Å². The van der Waals surface area contributed by atoms with Crippen molar-refractivity contribution in [1.29, 1.82) is 0 Å². The molecule has 3 nitrogen and oxygen atoms in total. The van der Waals surface area contributed by atoms with Crippen LogP contribution in [0.2, 0.25) is 0 Å². The molecule has 2 N–H and O–H groups in total. The highest BCUT2D eigenvalue weighted by molar-refractivity contribution is 5.85. The van der Waals surface area contributed by atoms with E-state index < -0.39 is 0 Å². The van der Waals surface area contributed by atoms with Gasteiger partial charge in [-0.3, -0.25) is 4.79 Å². The van der Waals surface area contributed by atoms with Crippen LogP contribution in [0.1, 0.15) is 25.8 Å². The Bertz CT molecular complexity index is 459. The van der Waals surface area contributed by atoms with Gasteiger partial charge in [0.1, 0.15) is 5.82 Å². The molecular weight excluding hydrogens is 279 g/mol. The lowest BCUT2D eigenvalue weighted by Gasteiger charge is -2.26. The number of hydrogen-bond acceptors (Lipinski definition) is 2. The summed E-state index contributed by atoms with van der Waals surface area (Å²) in [6.07, 6.45) is 0.895. The van der Waals surface area contributed by atoms with Crippen LogP contribution in [0.25, 0.3) is 0 Å². The summed E-state index contributed by atoms with van der Waals surface area (Å²) in [5.74, 6) is -0.0744. The van der Waals surface area contributed by atoms with Crippen molar-refractivity contribution < 1.29 is 9.18 Å². The van der Waals surface area contributed by atoms with Gasteiger partial charge in [0.2, 0.25) is 5.91 Å². The van der Waals surface area contributed by atoms with E-state index in [0.29, 0.717) is 6.54 Å². The van der Waals surface area contributed by atoms with Crippen molar-refractivity contribution in [1.82, 2.24) is 10.6 Å². The van der Waals surface area contributed by atoms with Crippen molar-refractivity contribution in [2.24, 2.45) is 5.92 Å². The van der Waals surface area contributed by atoms with Crippen LogP contribution in [-0.4, -0.2) is 25.5 Å². The Labute approximate surface area is 125 Å². The zero-order valence-corrected chi connectivity index (χ0v) is 12.7. The lowest BCUT2D eigenvalue weighted by atomic mass is 9.84. The molecule has 1 saturated heterocycles. The van der Waals surface area contributed by atoms with Crippen molar-refractivity contribution in [3.63, 3.8) is 0 Å². The second kappa shape index (κ2) is 7.04. The molecule has 2 rings (SSSR count). The third-order valence-corrected chi connectivity index (χ3v) is 3.74. The van der Waals surface area contributed by atoms with E-state index in [9.17, 15) is 9.18 Å². The van der Waals surface area contributed by atoms with Crippen molar-refractivity contribution in [3.8, 4) is 0 Å². The summed E-state index contributed by atoms with van der Waals surface area (Å²) < 4.78 is 13.2. The second-order valence-electron chi connectivity index (χ2n) is 5.80. The van der Waals surface area contributed by atoms with Crippen LogP contribution in [-0.2, 0) is 10.2 Å². The van der Waals surface area contributed by atoms with Gasteiger partial charge in [0.25, 0.3) is 0 Å². The summed E-state index contributed by atoms with van der Waals surface area (Å²) >= 11 is 0. The summed E-state index contributed by atoms with van der Waals surface area (Å²) in [6, 6.07) is 6.56. The van der Waals surface area contributed by atoms with Gasteiger partial charge < -0.3 is 10.6 Å². The molecule has 0 aromatic heterocycles. The molecule has 0 radical (unpaired) electrons. The number of carbonyl (C=O) groups excluding carboxylic acids is 1. The number of hydrogen-bond donors (Lipinski definition) is 2. The fourth-order valence-electron chi connectivity index (χ4n) is 2.34. The van der Waals surface area contributed by atoms with E-state index >= 15 is 0 Å². The van der Waals surface area contributed by atoms with Crippen molar-refractivity contribution in [2.75, 3.05) is 19.6 Å². The molecule has 112 valence electrons. The van der Waals surface area contributed by atoms with E-state index in [2.05, 4.69) is 10.6 Å². The summed E-state index contributed by atoms with van der Waals surface area (Å²) in [6.45, 7) is 6.20. The SMILES string of the molecule is CC(C)(CNC(=O)C1CCNC1)c1cccc(F)c1.Cl. The summed E-state index contributed by atoms with van der Waals surface area (Å²) in [7, 11) is 0. The van der Waals surface area contributed by atoms with E-state index in [1.54, 1.807) is 6.07 Å². The third-order valence-electron chi connectivity index (χ3n) is 3.74. The topological polar surface area (TPSA) is 41.1 Å².